The molecule has 1 heterocycles. The van der Waals surface area contributed by atoms with Crippen molar-refractivity contribution in [3.8, 4) is 22.6 Å². The zero-order chi connectivity index (χ0) is 30.6. The van der Waals surface area contributed by atoms with Crippen LogP contribution >= 0.6 is 0 Å². The molecule has 43 heavy (non-hydrogen) atoms. The van der Waals surface area contributed by atoms with E-state index in [1.54, 1.807) is 24.4 Å². The van der Waals surface area contributed by atoms with E-state index in [4.69, 9.17) is 9.47 Å². The fourth-order valence-corrected chi connectivity index (χ4v) is 4.75. The molecule has 0 aliphatic carbocycles. The summed E-state index contributed by atoms with van der Waals surface area (Å²) in [7, 11) is 1.31. The van der Waals surface area contributed by atoms with Gasteiger partial charge >= 0.3 is 5.97 Å². The van der Waals surface area contributed by atoms with Gasteiger partial charge in [-0.3, -0.25) is 14.6 Å². The Balaban J connectivity index is 1.31. The van der Waals surface area contributed by atoms with Crippen LogP contribution in [0.2, 0.25) is 0 Å². The molecule has 0 aliphatic rings. The number of halogens is 1. The Kier molecular flexibility index (Phi) is 8.53. The maximum absolute atomic E-state index is 13.3. The highest BCUT2D eigenvalue weighted by Crippen LogP contribution is 2.29. The van der Waals surface area contributed by atoms with Crippen LogP contribution in [0.3, 0.4) is 0 Å². The largest absolute Gasteiger partial charge is 0.469 e. The molecule has 6 nitrogen and oxygen atoms in total. The Bertz CT molecular complexity index is 1740. The van der Waals surface area contributed by atoms with Crippen LogP contribution in [0.1, 0.15) is 54.8 Å². The number of ether oxygens (including phenoxy) is 2. The lowest BCUT2D eigenvalue weighted by Crippen LogP contribution is -2.31. The average molecular weight is 577 g/mol. The quantitative estimate of drug-likeness (QED) is 0.189. The lowest BCUT2D eigenvalue weighted by molar-refractivity contribution is -0.141. The molecule has 5 rings (SSSR count). The van der Waals surface area contributed by atoms with Crippen molar-refractivity contribution in [1.29, 1.82) is 0 Å². The minimum Gasteiger partial charge on any atom is -0.469 e. The fourth-order valence-electron chi connectivity index (χ4n) is 4.75. The molecule has 0 radical (unpaired) electrons. The normalized spacial score (nSPS) is 12.0. The maximum atomic E-state index is 13.3. The van der Waals surface area contributed by atoms with Gasteiger partial charge in [0.2, 0.25) is 0 Å². The molecule has 1 atom stereocenters. The molecule has 5 aromatic rings. The number of hydrogen-bond donors (Lipinski definition) is 1. The van der Waals surface area contributed by atoms with Gasteiger partial charge in [0.05, 0.1) is 19.6 Å². The first-order chi connectivity index (χ1) is 20.6. The van der Waals surface area contributed by atoms with E-state index in [1.807, 2.05) is 54.6 Å². The van der Waals surface area contributed by atoms with E-state index in [-0.39, 0.29) is 23.3 Å². The molecule has 1 amide bonds. The van der Waals surface area contributed by atoms with E-state index in [9.17, 15) is 14.0 Å². The fraction of sp³-hybridized carbons (Fsp3) is 0.194. The number of methoxy groups -OCH3 is 1. The molecule has 0 aliphatic heterocycles. The number of fused-ring (bicyclic) bond motifs is 1. The van der Waals surface area contributed by atoms with Crippen molar-refractivity contribution in [3.63, 3.8) is 0 Å². The van der Waals surface area contributed by atoms with Crippen LogP contribution in [0.5, 0.6) is 11.5 Å². The molecule has 0 fully saturated rings. The van der Waals surface area contributed by atoms with Crippen LogP contribution in [0.4, 0.5) is 4.39 Å². The number of pyridine rings is 1. The van der Waals surface area contributed by atoms with Crippen molar-refractivity contribution in [2.45, 2.75) is 38.6 Å². The molecule has 1 aromatic heterocycles. The van der Waals surface area contributed by atoms with Gasteiger partial charge in [-0.15, -0.1) is 0 Å². The number of esters is 1. The van der Waals surface area contributed by atoms with Crippen LogP contribution < -0.4 is 10.1 Å². The van der Waals surface area contributed by atoms with Gasteiger partial charge in [-0.25, -0.2) is 4.39 Å². The molecule has 0 bridgehead atoms. The second kappa shape index (κ2) is 12.4. The van der Waals surface area contributed by atoms with Crippen molar-refractivity contribution in [2.24, 2.45) is 0 Å². The third-order valence-corrected chi connectivity index (χ3v) is 7.28. The number of carbonyl (C=O) groups excluding carboxylic acids is 2. The lowest BCUT2D eigenvalue weighted by atomic mass is 9.87. The van der Waals surface area contributed by atoms with Gasteiger partial charge in [-0.05, 0) is 75.5 Å². The van der Waals surface area contributed by atoms with Crippen LogP contribution in [0, 0.1) is 5.82 Å². The molecule has 1 N–H and O–H groups in total. The molecule has 0 spiro atoms. The molecule has 0 saturated heterocycles. The minimum atomic E-state index is -0.639. The molecule has 1 unspecified atom stereocenters. The summed E-state index contributed by atoms with van der Waals surface area (Å²) < 4.78 is 24.2. The highest BCUT2D eigenvalue weighted by Gasteiger charge is 2.21. The van der Waals surface area contributed by atoms with Gasteiger partial charge in [-0.1, -0.05) is 75.4 Å². The lowest BCUT2D eigenvalue weighted by Gasteiger charge is -2.19. The standard InChI is InChI=1S/C36H33FN2O4/c1-36(2,3)28-12-17-30(18-13-28)43-31-16-11-26-20-33(38-22-27(26)19-31)35(41)39-32(21-34(40)42-4)25-7-5-23(6-8-25)24-9-14-29(37)15-10-24/h5-20,22,32H,21H2,1-4H3,(H,39,41). The van der Waals surface area contributed by atoms with Crippen molar-refractivity contribution >= 4 is 22.6 Å². The van der Waals surface area contributed by atoms with Gasteiger partial charge < -0.3 is 14.8 Å². The van der Waals surface area contributed by atoms with E-state index in [1.165, 1.54) is 24.8 Å². The zero-order valence-electron chi connectivity index (χ0n) is 24.6. The topological polar surface area (TPSA) is 77.5 Å². The van der Waals surface area contributed by atoms with Gasteiger partial charge in [0.1, 0.15) is 23.0 Å². The maximum Gasteiger partial charge on any atom is 0.307 e. The van der Waals surface area contributed by atoms with Crippen LogP contribution in [0.25, 0.3) is 21.9 Å². The first kappa shape index (κ1) is 29.5. The summed E-state index contributed by atoms with van der Waals surface area (Å²) in [6.45, 7) is 6.50. The number of carbonyl (C=O) groups is 2. The predicted octanol–water partition coefficient (Wildman–Crippen LogP) is 8.16. The third-order valence-electron chi connectivity index (χ3n) is 7.28. The summed E-state index contributed by atoms with van der Waals surface area (Å²) in [5, 5.41) is 4.57. The third kappa shape index (κ3) is 7.25. The Hall–Kier alpha value is -5.04. The number of amides is 1. The summed E-state index contributed by atoms with van der Waals surface area (Å²) in [5.41, 5.74) is 3.97. The Morgan fingerprint density at radius 2 is 1.44 bits per heavy atom. The Morgan fingerprint density at radius 3 is 2.07 bits per heavy atom. The number of benzene rings is 4. The van der Waals surface area contributed by atoms with Gasteiger partial charge in [0.25, 0.3) is 5.91 Å². The molecule has 4 aromatic carbocycles. The van der Waals surface area contributed by atoms with Crippen molar-refractivity contribution in [2.75, 3.05) is 7.11 Å². The average Bonchev–Trinajstić information content (AvgIpc) is 3.00. The monoisotopic (exact) mass is 576 g/mol. The summed E-state index contributed by atoms with van der Waals surface area (Å²) in [5.74, 6) is 0.215. The van der Waals surface area contributed by atoms with Crippen molar-refractivity contribution in [3.05, 3.63) is 126 Å². The number of aromatic nitrogens is 1. The second-order valence-corrected chi connectivity index (χ2v) is 11.4. The summed E-state index contributed by atoms with van der Waals surface area (Å²) in [6.07, 6.45) is 1.58. The van der Waals surface area contributed by atoms with Crippen molar-refractivity contribution < 1.29 is 23.5 Å². The van der Waals surface area contributed by atoms with Crippen molar-refractivity contribution in [1.82, 2.24) is 10.3 Å². The first-order valence-electron chi connectivity index (χ1n) is 14.0. The van der Waals surface area contributed by atoms with E-state index >= 15 is 0 Å². The van der Waals surface area contributed by atoms with E-state index in [0.717, 1.165) is 33.2 Å². The van der Waals surface area contributed by atoms with Gasteiger partial charge in [0, 0.05) is 11.6 Å². The van der Waals surface area contributed by atoms with Gasteiger partial charge in [0.15, 0.2) is 0 Å². The smallest absolute Gasteiger partial charge is 0.307 e. The van der Waals surface area contributed by atoms with E-state index in [2.05, 4.69) is 43.2 Å². The number of nitrogens with one attached hydrogen (secondary N) is 1. The number of rotatable bonds is 8. The van der Waals surface area contributed by atoms with Crippen LogP contribution in [-0.4, -0.2) is 24.0 Å². The summed E-state index contributed by atoms with van der Waals surface area (Å²) in [6, 6.07) is 28.3. The predicted molar refractivity (Wildman–Crippen MR) is 166 cm³/mol. The highest BCUT2D eigenvalue weighted by atomic mass is 19.1. The van der Waals surface area contributed by atoms with Gasteiger partial charge in [-0.2, -0.15) is 0 Å². The Morgan fingerprint density at radius 1 is 0.814 bits per heavy atom. The number of nitrogens with zero attached hydrogens (tertiary/aromatic N) is 1. The first-order valence-corrected chi connectivity index (χ1v) is 14.0. The van der Waals surface area contributed by atoms with Crippen LogP contribution in [-0.2, 0) is 14.9 Å². The van der Waals surface area contributed by atoms with E-state index < -0.39 is 17.9 Å². The molecule has 218 valence electrons. The SMILES string of the molecule is COC(=O)CC(NC(=O)c1cc2ccc(Oc3ccc(C(C)(C)C)cc3)cc2cn1)c1ccc(-c2ccc(F)cc2)cc1. The Labute approximate surface area is 250 Å². The van der Waals surface area contributed by atoms with Crippen LogP contribution in [0.15, 0.2) is 103 Å². The highest BCUT2D eigenvalue weighted by molar-refractivity contribution is 5.97. The minimum absolute atomic E-state index is 0.0524. The zero-order valence-corrected chi connectivity index (χ0v) is 24.6. The van der Waals surface area contributed by atoms with E-state index in [0.29, 0.717) is 5.75 Å². The summed E-state index contributed by atoms with van der Waals surface area (Å²) in [4.78, 5) is 29.9. The molecular weight excluding hydrogens is 543 g/mol. The number of hydrogen-bond acceptors (Lipinski definition) is 5. The second-order valence-electron chi connectivity index (χ2n) is 11.4. The molecule has 0 saturated carbocycles. The molecular formula is C36H33FN2O4. The molecule has 7 heteroatoms. The summed E-state index contributed by atoms with van der Waals surface area (Å²) >= 11 is 0.